The smallest absolute Gasteiger partial charge is 0.319 e. The van der Waals surface area contributed by atoms with Gasteiger partial charge in [0.2, 0.25) is 0 Å². The van der Waals surface area contributed by atoms with Crippen LogP contribution in [0, 0.1) is 0 Å². The van der Waals surface area contributed by atoms with Crippen molar-refractivity contribution in [2.45, 2.75) is 57.2 Å². The fraction of sp³-hybridized carbons (Fsp3) is 0.750. The molecule has 0 bridgehead atoms. The second-order valence-electron chi connectivity index (χ2n) is 6.63. The summed E-state index contributed by atoms with van der Waals surface area (Å²) in [4.78, 5) is 16.4. The highest BCUT2D eigenvalue weighted by Gasteiger charge is 2.41. The predicted octanol–water partition coefficient (Wildman–Crippen LogP) is 3.12. The molecule has 3 rings (SSSR count). The van der Waals surface area contributed by atoms with Crippen LogP contribution in [0.15, 0.2) is 5.51 Å². The van der Waals surface area contributed by atoms with E-state index in [1.54, 1.807) is 5.51 Å². The van der Waals surface area contributed by atoms with E-state index >= 15 is 0 Å². The molecule has 2 saturated heterocycles. The SMILES string of the molecule is CC(C)c1ncsc1NC(=O)NCC1CCC2(CCOCC2)O1. The lowest BCUT2D eigenvalue weighted by Crippen LogP contribution is -2.39. The van der Waals surface area contributed by atoms with Crippen LogP contribution in [-0.4, -0.2) is 42.5 Å². The zero-order valence-electron chi connectivity index (χ0n) is 13.8. The van der Waals surface area contributed by atoms with Crippen LogP contribution in [0.2, 0.25) is 0 Å². The predicted molar refractivity (Wildman–Crippen MR) is 90.1 cm³/mol. The highest BCUT2D eigenvalue weighted by molar-refractivity contribution is 7.14. The van der Waals surface area contributed by atoms with Gasteiger partial charge in [0.15, 0.2) is 0 Å². The van der Waals surface area contributed by atoms with E-state index in [9.17, 15) is 4.79 Å². The number of aromatic nitrogens is 1. The number of thiazole rings is 1. The van der Waals surface area contributed by atoms with Crippen LogP contribution in [0.25, 0.3) is 0 Å². The van der Waals surface area contributed by atoms with E-state index < -0.39 is 0 Å². The topological polar surface area (TPSA) is 72.5 Å². The van der Waals surface area contributed by atoms with E-state index in [0.717, 1.165) is 49.6 Å². The highest BCUT2D eigenvalue weighted by Crippen LogP contribution is 2.38. The lowest BCUT2D eigenvalue weighted by atomic mass is 9.91. The van der Waals surface area contributed by atoms with Crippen LogP contribution in [0.5, 0.6) is 0 Å². The molecule has 1 spiro atoms. The number of carbonyl (C=O) groups is 1. The number of hydrogen-bond acceptors (Lipinski definition) is 5. The molecule has 7 heteroatoms. The Morgan fingerprint density at radius 2 is 2.22 bits per heavy atom. The summed E-state index contributed by atoms with van der Waals surface area (Å²) in [6.07, 6.45) is 4.10. The molecule has 2 aliphatic rings. The first kappa shape index (κ1) is 16.7. The lowest BCUT2D eigenvalue weighted by molar-refractivity contribution is -0.101. The van der Waals surface area contributed by atoms with Gasteiger partial charge in [0.25, 0.3) is 0 Å². The molecule has 6 nitrogen and oxygen atoms in total. The quantitative estimate of drug-likeness (QED) is 0.884. The van der Waals surface area contributed by atoms with E-state index in [0.29, 0.717) is 12.5 Å². The molecule has 23 heavy (non-hydrogen) atoms. The van der Waals surface area contributed by atoms with Gasteiger partial charge >= 0.3 is 6.03 Å². The van der Waals surface area contributed by atoms with Crippen LogP contribution in [0.1, 0.15) is 51.1 Å². The summed E-state index contributed by atoms with van der Waals surface area (Å²) in [6.45, 7) is 6.24. The maximum absolute atomic E-state index is 12.1. The number of amides is 2. The summed E-state index contributed by atoms with van der Waals surface area (Å²) >= 11 is 1.45. The Morgan fingerprint density at radius 3 is 2.96 bits per heavy atom. The Morgan fingerprint density at radius 1 is 1.43 bits per heavy atom. The molecule has 0 aromatic carbocycles. The molecule has 2 aliphatic heterocycles. The minimum atomic E-state index is -0.187. The van der Waals surface area contributed by atoms with Crippen molar-refractivity contribution in [3.8, 4) is 0 Å². The average molecular weight is 339 g/mol. The van der Waals surface area contributed by atoms with Crippen molar-refractivity contribution in [2.24, 2.45) is 0 Å². The Hall–Kier alpha value is -1.18. The number of urea groups is 1. The molecule has 0 aliphatic carbocycles. The van der Waals surface area contributed by atoms with Crippen LogP contribution in [0.4, 0.5) is 9.80 Å². The van der Waals surface area contributed by atoms with Crippen LogP contribution in [-0.2, 0) is 9.47 Å². The standard InChI is InChI=1S/C16H25N3O3S/c1-11(2)13-14(23-10-18-13)19-15(20)17-9-12-3-4-16(22-12)5-7-21-8-6-16/h10-12H,3-9H2,1-2H3,(H2,17,19,20). The molecule has 2 amide bonds. The van der Waals surface area contributed by atoms with E-state index in [-0.39, 0.29) is 17.7 Å². The monoisotopic (exact) mass is 339 g/mol. The van der Waals surface area contributed by atoms with Crippen molar-refractivity contribution in [3.63, 3.8) is 0 Å². The van der Waals surface area contributed by atoms with Gasteiger partial charge in [-0.05, 0) is 31.6 Å². The molecular weight excluding hydrogens is 314 g/mol. The molecular formula is C16H25N3O3S. The molecule has 0 radical (unpaired) electrons. The van der Waals surface area contributed by atoms with Gasteiger partial charge in [-0.1, -0.05) is 13.8 Å². The Kier molecular flexibility index (Phi) is 5.18. The van der Waals surface area contributed by atoms with Crippen molar-refractivity contribution in [2.75, 3.05) is 25.1 Å². The second kappa shape index (κ2) is 7.15. The van der Waals surface area contributed by atoms with Crippen LogP contribution < -0.4 is 10.6 Å². The fourth-order valence-electron chi connectivity index (χ4n) is 3.26. The third kappa shape index (κ3) is 4.02. The lowest BCUT2D eigenvalue weighted by Gasteiger charge is -2.33. The zero-order valence-corrected chi connectivity index (χ0v) is 14.6. The van der Waals surface area contributed by atoms with Gasteiger partial charge in [-0.2, -0.15) is 0 Å². The van der Waals surface area contributed by atoms with Gasteiger partial charge < -0.3 is 14.8 Å². The minimum absolute atomic E-state index is 0.0104. The van der Waals surface area contributed by atoms with Crippen molar-refractivity contribution >= 4 is 22.4 Å². The Labute approximate surface area is 141 Å². The third-order valence-corrected chi connectivity index (χ3v) is 5.36. The normalized spacial score (nSPS) is 23.3. The number of anilines is 1. The van der Waals surface area contributed by atoms with Gasteiger partial charge in [-0.15, -0.1) is 11.3 Å². The van der Waals surface area contributed by atoms with Crippen molar-refractivity contribution in [3.05, 3.63) is 11.2 Å². The molecule has 3 heterocycles. The summed E-state index contributed by atoms with van der Waals surface area (Å²) in [7, 11) is 0. The summed E-state index contributed by atoms with van der Waals surface area (Å²) in [5, 5.41) is 6.65. The number of nitrogens with zero attached hydrogens (tertiary/aromatic N) is 1. The first-order chi connectivity index (χ1) is 11.1. The number of rotatable bonds is 4. The maximum atomic E-state index is 12.1. The van der Waals surface area contributed by atoms with Gasteiger partial charge in [-0.25, -0.2) is 9.78 Å². The molecule has 1 unspecified atom stereocenters. The fourth-order valence-corrected chi connectivity index (χ4v) is 4.10. The average Bonchev–Trinajstić information content (AvgIpc) is 3.14. The van der Waals surface area contributed by atoms with Crippen LogP contribution >= 0.6 is 11.3 Å². The van der Waals surface area contributed by atoms with E-state index in [1.165, 1.54) is 11.3 Å². The Balaban J connectivity index is 1.45. The van der Waals surface area contributed by atoms with Gasteiger partial charge in [0.05, 0.1) is 22.9 Å². The minimum Gasteiger partial charge on any atom is -0.381 e. The maximum Gasteiger partial charge on any atom is 0.319 e. The van der Waals surface area contributed by atoms with Crippen molar-refractivity contribution in [1.82, 2.24) is 10.3 Å². The summed E-state index contributed by atoms with van der Waals surface area (Å²) < 4.78 is 11.6. The van der Waals surface area contributed by atoms with E-state index in [1.807, 2.05) is 0 Å². The van der Waals surface area contributed by atoms with E-state index in [4.69, 9.17) is 9.47 Å². The van der Waals surface area contributed by atoms with E-state index in [2.05, 4.69) is 29.5 Å². The number of hydrogen-bond donors (Lipinski definition) is 2. The number of carbonyl (C=O) groups excluding carboxylic acids is 1. The molecule has 0 saturated carbocycles. The molecule has 2 fully saturated rings. The Bertz CT molecular complexity index is 540. The first-order valence-corrected chi connectivity index (χ1v) is 9.20. The summed E-state index contributed by atoms with van der Waals surface area (Å²) in [5.74, 6) is 0.295. The van der Waals surface area contributed by atoms with Crippen molar-refractivity contribution < 1.29 is 14.3 Å². The molecule has 1 atom stereocenters. The molecule has 1 aromatic rings. The first-order valence-electron chi connectivity index (χ1n) is 8.32. The zero-order chi connectivity index (χ0) is 16.3. The second-order valence-corrected chi connectivity index (χ2v) is 7.49. The molecule has 2 N–H and O–H groups in total. The summed E-state index contributed by atoms with van der Waals surface area (Å²) in [5.41, 5.74) is 2.69. The van der Waals surface area contributed by atoms with Gasteiger partial charge in [0.1, 0.15) is 5.00 Å². The summed E-state index contributed by atoms with van der Waals surface area (Å²) in [6, 6.07) is -0.187. The highest BCUT2D eigenvalue weighted by atomic mass is 32.1. The van der Waals surface area contributed by atoms with Crippen molar-refractivity contribution in [1.29, 1.82) is 0 Å². The molecule has 1 aromatic heterocycles. The van der Waals surface area contributed by atoms with Gasteiger partial charge in [0, 0.05) is 19.8 Å². The molecule has 128 valence electrons. The number of nitrogens with one attached hydrogen (secondary N) is 2. The number of ether oxygens (including phenoxy) is 2. The third-order valence-electron chi connectivity index (χ3n) is 4.60. The van der Waals surface area contributed by atoms with Crippen LogP contribution in [0.3, 0.4) is 0 Å². The largest absolute Gasteiger partial charge is 0.381 e. The van der Waals surface area contributed by atoms with Gasteiger partial charge in [-0.3, -0.25) is 5.32 Å².